The molecule has 4 nitrogen and oxygen atoms in total. The van der Waals surface area contributed by atoms with Gasteiger partial charge in [0.05, 0.1) is 12.6 Å². The Balaban J connectivity index is 2.29. The van der Waals surface area contributed by atoms with Gasteiger partial charge in [0.15, 0.2) is 5.96 Å². The zero-order valence-corrected chi connectivity index (χ0v) is 13.0. The van der Waals surface area contributed by atoms with E-state index in [0.717, 1.165) is 19.1 Å². The van der Waals surface area contributed by atoms with Gasteiger partial charge in [0.1, 0.15) is 0 Å². The average Bonchev–Trinajstić information content (AvgIpc) is 2.46. The lowest BCUT2D eigenvalue weighted by Gasteiger charge is -2.18. The number of nitrogens with zero attached hydrogens (tertiary/aromatic N) is 1. The zero-order chi connectivity index (χ0) is 14.8. The molecule has 0 aliphatic rings. The van der Waals surface area contributed by atoms with Crippen LogP contribution in [-0.4, -0.2) is 32.8 Å². The van der Waals surface area contributed by atoms with E-state index in [2.05, 4.69) is 48.5 Å². The van der Waals surface area contributed by atoms with Crippen LogP contribution in [0.1, 0.15) is 32.4 Å². The van der Waals surface area contributed by atoms with Gasteiger partial charge in [0.25, 0.3) is 0 Å². The third kappa shape index (κ3) is 6.57. The number of ether oxygens (including phenoxy) is 1. The monoisotopic (exact) mass is 277 g/mol. The summed E-state index contributed by atoms with van der Waals surface area (Å²) in [5.74, 6) is 1.38. The molecule has 4 heteroatoms. The molecule has 0 aliphatic heterocycles. The highest BCUT2D eigenvalue weighted by Gasteiger charge is 2.06. The summed E-state index contributed by atoms with van der Waals surface area (Å²) in [6, 6.07) is 10.6. The Morgan fingerprint density at radius 3 is 2.50 bits per heavy atom. The maximum absolute atomic E-state index is 5.53. The lowest BCUT2D eigenvalue weighted by molar-refractivity contribution is 0.114. The number of hydrogen-bond donors (Lipinski definition) is 2. The molecule has 0 saturated carbocycles. The molecule has 0 fully saturated rings. The molecule has 1 aromatic carbocycles. The van der Waals surface area contributed by atoms with Crippen LogP contribution in [0.4, 0.5) is 0 Å². The van der Waals surface area contributed by atoms with E-state index in [-0.39, 0.29) is 6.04 Å². The van der Waals surface area contributed by atoms with E-state index >= 15 is 0 Å². The summed E-state index contributed by atoms with van der Waals surface area (Å²) in [4.78, 5) is 4.23. The predicted molar refractivity (Wildman–Crippen MR) is 85.0 cm³/mol. The Labute approximate surface area is 122 Å². The minimum absolute atomic E-state index is 0.221. The van der Waals surface area contributed by atoms with Crippen molar-refractivity contribution in [3.63, 3.8) is 0 Å². The molecule has 0 amide bonds. The second-order valence-corrected chi connectivity index (χ2v) is 5.24. The highest BCUT2D eigenvalue weighted by Crippen LogP contribution is 2.10. The fourth-order valence-corrected chi connectivity index (χ4v) is 1.79. The van der Waals surface area contributed by atoms with Gasteiger partial charge >= 0.3 is 0 Å². The molecule has 20 heavy (non-hydrogen) atoms. The first-order chi connectivity index (χ1) is 9.63. The van der Waals surface area contributed by atoms with E-state index < -0.39 is 0 Å². The first kappa shape index (κ1) is 16.5. The van der Waals surface area contributed by atoms with Gasteiger partial charge in [0.2, 0.25) is 0 Å². The van der Waals surface area contributed by atoms with E-state index in [1.807, 2.05) is 18.2 Å². The van der Waals surface area contributed by atoms with Crippen molar-refractivity contribution in [2.75, 3.05) is 26.8 Å². The van der Waals surface area contributed by atoms with Gasteiger partial charge in [-0.15, -0.1) is 0 Å². The quantitative estimate of drug-likeness (QED) is 0.457. The average molecular weight is 277 g/mol. The molecule has 1 rings (SSSR count). The number of benzene rings is 1. The van der Waals surface area contributed by atoms with Gasteiger partial charge in [-0.25, -0.2) is 0 Å². The molecule has 1 atom stereocenters. The molecule has 112 valence electrons. The van der Waals surface area contributed by atoms with Crippen molar-refractivity contribution >= 4 is 5.96 Å². The summed E-state index contributed by atoms with van der Waals surface area (Å²) in [6.07, 6.45) is 0. The van der Waals surface area contributed by atoms with E-state index in [1.54, 1.807) is 7.05 Å². The molecule has 0 heterocycles. The molecular weight excluding hydrogens is 250 g/mol. The lowest BCUT2D eigenvalue weighted by atomic mass is 10.1. The summed E-state index contributed by atoms with van der Waals surface area (Å²) < 4.78 is 5.53. The van der Waals surface area contributed by atoms with Gasteiger partial charge < -0.3 is 15.4 Å². The minimum Gasteiger partial charge on any atom is -0.379 e. The molecule has 0 aliphatic carbocycles. The second-order valence-electron chi connectivity index (χ2n) is 5.24. The van der Waals surface area contributed by atoms with Gasteiger partial charge in [-0.3, -0.25) is 4.99 Å². The topological polar surface area (TPSA) is 45.7 Å². The minimum atomic E-state index is 0.221. The Bertz CT molecular complexity index is 390. The maximum atomic E-state index is 5.53. The number of rotatable bonds is 7. The fourth-order valence-electron chi connectivity index (χ4n) is 1.79. The SMILES string of the molecule is CN=C(NCCOCC(C)C)NC(C)c1ccccc1. The summed E-state index contributed by atoms with van der Waals surface area (Å²) in [5, 5.41) is 6.62. The molecule has 0 spiro atoms. The molecule has 1 aromatic rings. The number of nitrogens with one attached hydrogen (secondary N) is 2. The number of hydrogen-bond acceptors (Lipinski definition) is 2. The van der Waals surface area contributed by atoms with Crippen molar-refractivity contribution < 1.29 is 4.74 Å². The highest BCUT2D eigenvalue weighted by molar-refractivity contribution is 5.80. The normalized spacial score (nSPS) is 13.3. The van der Waals surface area contributed by atoms with E-state index in [4.69, 9.17) is 4.74 Å². The van der Waals surface area contributed by atoms with Crippen molar-refractivity contribution in [3.05, 3.63) is 35.9 Å². The van der Waals surface area contributed by atoms with E-state index in [1.165, 1.54) is 5.56 Å². The fraction of sp³-hybridized carbons (Fsp3) is 0.562. The Morgan fingerprint density at radius 1 is 1.20 bits per heavy atom. The first-order valence-electron chi connectivity index (χ1n) is 7.23. The standard InChI is InChI=1S/C16H27N3O/c1-13(2)12-20-11-10-18-16(17-4)19-14(3)15-8-6-5-7-9-15/h5-9,13-14H,10-12H2,1-4H3,(H2,17,18,19). The molecule has 0 aromatic heterocycles. The predicted octanol–water partition coefficient (Wildman–Crippen LogP) is 2.59. The van der Waals surface area contributed by atoms with E-state index in [0.29, 0.717) is 12.5 Å². The number of guanidine groups is 1. The molecule has 2 N–H and O–H groups in total. The second kappa shape index (κ2) is 9.37. The third-order valence-electron chi connectivity index (χ3n) is 2.87. The maximum Gasteiger partial charge on any atom is 0.191 e. The van der Waals surface area contributed by atoms with Crippen LogP contribution in [0.15, 0.2) is 35.3 Å². The highest BCUT2D eigenvalue weighted by atomic mass is 16.5. The van der Waals surface area contributed by atoms with Crippen molar-refractivity contribution in [2.24, 2.45) is 10.9 Å². The summed E-state index contributed by atoms with van der Waals surface area (Å²) in [7, 11) is 1.78. The van der Waals surface area contributed by atoms with Crippen LogP contribution in [0.3, 0.4) is 0 Å². The summed E-state index contributed by atoms with van der Waals surface area (Å²) in [6.45, 7) is 8.67. The lowest BCUT2D eigenvalue weighted by Crippen LogP contribution is -2.40. The molecular formula is C16H27N3O. The Morgan fingerprint density at radius 2 is 1.90 bits per heavy atom. The molecule has 0 radical (unpaired) electrons. The molecule has 0 saturated heterocycles. The summed E-state index contributed by atoms with van der Waals surface area (Å²) >= 11 is 0. The molecule has 1 unspecified atom stereocenters. The third-order valence-corrected chi connectivity index (χ3v) is 2.87. The first-order valence-corrected chi connectivity index (χ1v) is 7.23. The van der Waals surface area contributed by atoms with Crippen molar-refractivity contribution in [3.8, 4) is 0 Å². The molecule has 0 bridgehead atoms. The Hall–Kier alpha value is -1.55. The van der Waals surface area contributed by atoms with Crippen molar-refractivity contribution in [1.82, 2.24) is 10.6 Å². The van der Waals surface area contributed by atoms with Gasteiger partial charge in [-0.2, -0.15) is 0 Å². The zero-order valence-electron chi connectivity index (χ0n) is 13.0. The number of aliphatic imine (C=N–C) groups is 1. The van der Waals surface area contributed by atoms with Crippen LogP contribution in [0.25, 0.3) is 0 Å². The van der Waals surface area contributed by atoms with Crippen LogP contribution in [-0.2, 0) is 4.74 Å². The Kier molecular flexibility index (Phi) is 7.73. The van der Waals surface area contributed by atoms with Crippen molar-refractivity contribution in [2.45, 2.75) is 26.8 Å². The van der Waals surface area contributed by atoms with Gasteiger partial charge in [-0.05, 0) is 18.4 Å². The summed E-state index contributed by atoms with van der Waals surface area (Å²) in [5.41, 5.74) is 1.24. The van der Waals surface area contributed by atoms with E-state index in [9.17, 15) is 0 Å². The van der Waals surface area contributed by atoms with Crippen LogP contribution >= 0.6 is 0 Å². The van der Waals surface area contributed by atoms with Gasteiger partial charge in [0, 0.05) is 20.2 Å². The van der Waals surface area contributed by atoms with Crippen LogP contribution in [0, 0.1) is 5.92 Å². The largest absolute Gasteiger partial charge is 0.379 e. The van der Waals surface area contributed by atoms with Gasteiger partial charge in [-0.1, -0.05) is 44.2 Å². The van der Waals surface area contributed by atoms with Crippen molar-refractivity contribution in [1.29, 1.82) is 0 Å². The van der Waals surface area contributed by atoms with Crippen LogP contribution in [0.5, 0.6) is 0 Å². The van der Waals surface area contributed by atoms with Crippen LogP contribution < -0.4 is 10.6 Å². The smallest absolute Gasteiger partial charge is 0.191 e. The van der Waals surface area contributed by atoms with Crippen LogP contribution in [0.2, 0.25) is 0 Å².